The average molecular weight is 835 g/mol. The highest BCUT2D eigenvalue weighted by Gasteiger charge is 2.46. The first-order chi connectivity index (χ1) is 30.3. The smallest absolute Gasteiger partial charge is 0.0646 e. The molecule has 2 atom stereocenters. The van der Waals surface area contributed by atoms with E-state index in [1.54, 1.807) is 16.6 Å². The Balaban J connectivity index is 1.31. The van der Waals surface area contributed by atoms with Crippen LogP contribution in [0.4, 0.5) is 0 Å². The molecule has 3 aliphatic rings. The fourth-order valence-corrected chi connectivity index (χ4v) is 12.0. The van der Waals surface area contributed by atoms with Crippen LogP contribution in [-0.4, -0.2) is 6.71 Å². The molecule has 0 radical (unpaired) electrons. The first kappa shape index (κ1) is 42.5. The summed E-state index contributed by atoms with van der Waals surface area (Å²) in [5.41, 5.74) is 27.4. The van der Waals surface area contributed by atoms with Crippen LogP contribution in [0.15, 0.2) is 140 Å². The van der Waals surface area contributed by atoms with E-state index in [9.17, 15) is 0 Å². The second-order valence-corrected chi connectivity index (χ2v) is 23.3. The van der Waals surface area contributed by atoms with Crippen LogP contribution in [0.1, 0.15) is 161 Å². The molecule has 2 unspecified atom stereocenters. The lowest BCUT2D eigenvalue weighted by molar-refractivity contribution is 0.331. The molecule has 2 heterocycles. The van der Waals surface area contributed by atoms with Crippen LogP contribution in [0.25, 0.3) is 22.3 Å². The number of hydrogen-bond acceptors (Lipinski definition) is 0. The van der Waals surface area contributed by atoms with Crippen LogP contribution >= 0.6 is 0 Å². The van der Waals surface area contributed by atoms with Crippen LogP contribution < -0.4 is 16.4 Å². The van der Waals surface area contributed by atoms with E-state index in [4.69, 9.17) is 0 Å². The Labute approximate surface area is 385 Å². The minimum Gasteiger partial charge on any atom is -0.0646 e. The van der Waals surface area contributed by atoms with Crippen molar-refractivity contribution in [3.8, 4) is 22.3 Å². The number of fused-ring (bicyclic) bond motifs is 5. The highest BCUT2D eigenvalue weighted by atomic mass is 14.4. The van der Waals surface area contributed by atoms with Gasteiger partial charge in [0.15, 0.2) is 0 Å². The van der Waals surface area contributed by atoms with Gasteiger partial charge in [0.1, 0.15) is 0 Å². The molecule has 322 valence electrons. The predicted octanol–water partition coefficient (Wildman–Crippen LogP) is 14.3. The van der Waals surface area contributed by atoms with E-state index in [-0.39, 0.29) is 40.2 Å². The van der Waals surface area contributed by atoms with E-state index in [2.05, 4.69) is 223 Å². The lowest BCUT2D eigenvalue weighted by Crippen LogP contribution is -2.59. The third-order valence-corrected chi connectivity index (χ3v) is 15.9. The highest BCUT2D eigenvalue weighted by Crippen LogP contribution is 2.49. The molecular formula is C63H67B. The molecule has 0 saturated carbocycles. The van der Waals surface area contributed by atoms with Crippen LogP contribution in [0.5, 0.6) is 0 Å². The van der Waals surface area contributed by atoms with Crippen molar-refractivity contribution in [2.24, 2.45) is 0 Å². The average Bonchev–Trinajstić information content (AvgIpc) is 3.39. The van der Waals surface area contributed by atoms with E-state index in [0.717, 1.165) is 6.42 Å². The predicted molar refractivity (Wildman–Crippen MR) is 276 cm³/mol. The van der Waals surface area contributed by atoms with Crippen LogP contribution in [0.2, 0.25) is 0 Å². The molecule has 1 heteroatoms. The summed E-state index contributed by atoms with van der Waals surface area (Å²) in [4.78, 5) is 0. The van der Waals surface area contributed by atoms with E-state index in [1.165, 1.54) is 102 Å². The van der Waals surface area contributed by atoms with Gasteiger partial charge in [-0.25, -0.2) is 0 Å². The van der Waals surface area contributed by atoms with Crippen LogP contribution in [-0.2, 0) is 28.1 Å². The third-order valence-electron chi connectivity index (χ3n) is 15.9. The zero-order valence-electron chi connectivity index (χ0n) is 40.6. The summed E-state index contributed by atoms with van der Waals surface area (Å²) in [6, 6.07) is 55.1. The third kappa shape index (κ3) is 7.14. The molecule has 1 aliphatic carbocycles. The molecule has 10 rings (SSSR count). The number of rotatable bonds is 4. The summed E-state index contributed by atoms with van der Waals surface area (Å²) in [6.45, 7) is 29.0. The van der Waals surface area contributed by atoms with Gasteiger partial charge in [0, 0.05) is 11.8 Å². The van der Waals surface area contributed by atoms with Gasteiger partial charge in [-0.2, -0.15) is 0 Å². The lowest BCUT2D eigenvalue weighted by atomic mass is 9.31. The van der Waals surface area contributed by atoms with Crippen molar-refractivity contribution in [1.29, 1.82) is 0 Å². The fourth-order valence-electron chi connectivity index (χ4n) is 12.0. The Morgan fingerprint density at radius 2 is 1.05 bits per heavy atom. The second-order valence-electron chi connectivity index (χ2n) is 23.3. The van der Waals surface area contributed by atoms with Gasteiger partial charge >= 0.3 is 0 Å². The summed E-state index contributed by atoms with van der Waals surface area (Å²) in [6.07, 6.45) is 3.34. The van der Waals surface area contributed by atoms with Gasteiger partial charge in [-0.15, -0.1) is 0 Å². The molecule has 0 bridgehead atoms. The van der Waals surface area contributed by atoms with Gasteiger partial charge < -0.3 is 0 Å². The Morgan fingerprint density at radius 1 is 0.484 bits per heavy atom. The first-order valence-corrected chi connectivity index (χ1v) is 24.1. The van der Waals surface area contributed by atoms with Crippen LogP contribution in [0, 0.1) is 13.8 Å². The Kier molecular flexibility index (Phi) is 10.0. The largest absolute Gasteiger partial charge is 0.242 e. The van der Waals surface area contributed by atoms with E-state index >= 15 is 0 Å². The second kappa shape index (κ2) is 15.1. The Hall–Kier alpha value is -5.40. The molecule has 7 aromatic rings. The van der Waals surface area contributed by atoms with Crippen molar-refractivity contribution in [1.82, 2.24) is 0 Å². The monoisotopic (exact) mass is 835 g/mol. The van der Waals surface area contributed by atoms with Gasteiger partial charge in [0.2, 0.25) is 6.71 Å². The maximum absolute atomic E-state index is 2.75. The molecular weight excluding hydrogens is 768 g/mol. The van der Waals surface area contributed by atoms with Gasteiger partial charge in [-0.3, -0.25) is 0 Å². The molecule has 0 fully saturated rings. The Bertz CT molecular complexity index is 2950. The number of aryl methyl sites for hydroxylation is 2. The van der Waals surface area contributed by atoms with Crippen molar-refractivity contribution < 1.29 is 0 Å². The molecule has 0 amide bonds. The first-order valence-electron chi connectivity index (χ1n) is 24.1. The van der Waals surface area contributed by atoms with Crippen molar-refractivity contribution in [3.05, 3.63) is 206 Å². The van der Waals surface area contributed by atoms with Crippen molar-refractivity contribution in [3.63, 3.8) is 0 Å². The highest BCUT2D eigenvalue weighted by molar-refractivity contribution is 6.97. The summed E-state index contributed by atoms with van der Waals surface area (Å²) in [5, 5.41) is 0. The van der Waals surface area contributed by atoms with E-state index in [1.807, 2.05) is 0 Å². The molecule has 0 spiro atoms. The van der Waals surface area contributed by atoms with Gasteiger partial charge in [-0.05, 0) is 133 Å². The normalized spacial score (nSPS) is 18.3. The topological polar surface area (TPSA) is 0 Å². The SMILES string of the molecule is Cc1cc2c3c(c1)C(c1ccc(-c4ccccc4)cc1C)c1ccc(C(C)(C)C)cc1B3c1cc3c(cc1C(c1ccc(C(C)(C)C)cc1-c1ccccc1)C2)C(C)(C)CCC3(C)C. The minimum atomic E-state index is 0.00546. The summed E-state index contributed by atoms with van der Waals surface area (Å²) in [5.74, 6) is 0.291. The van der Waals surface area contributed by atoms with Crippen LogP contribution in [0.3, 0.4) is 0 Å². The summed E-state index contributed by atoms with van der Waals surface area (Å²) in [7, 11) is 0. The zero-order valence-corrected chi connectivity index (χ0v) is 40.6. The van der Waals surface area contributed by atoms with Crippen molar-refractivity contribution in [2.75, 3.05) is 0 Å². The summed E-state index contributed by atoms with van der Waals surface area (Å²) < 4.78 is 0. The van der Waals surface area contributed by atoms with Crippen molar-refractivity contribution >= 4 is 23.1 Å². The van der Waals surface area contributed by atoms with E-state index < -0.39 is 0 Å². The molecule has 0 nitrogen and oxygen atoms in total. The molecule has 2 aliphatic heterocycles. The van der Waals surface area contributed by atoms with Gasteiger partial charge in [0.05, 0.1) is 0 Å². The standard InChI is InChI=1S/C63H67B/c1-39-31-44-34-51(48-27-24-45(60(3,4)5)35-50(48)42-21-17-14-18-22-42)52-37-54-55(63(11,12)30-29-62(54,9)10)38-57(52)64-56-36-46(61(6,7)8)25-28-49(56)58(53(32-39)59(44)64)47-26-23-43(33-40(47)2)41-19-15-13-16-20-41/h13-28,31-33,35-38,51,58H,29-30,34H2,1-12H3. The zero-order chi connectivity index (χ0) is 45.1. The quantitative estimate of drug-likeness (QED) is 0.155. The molecule has 64 heavy (non-hydrogen) atoms. The Morgan fingerprint density at radius 3 is 1.67 bits per heavy atom. The maximum atomic E-state index is 2.75. The minimum absolute atomic E-state index is 0.00546. The molecule has 7 aromatic carbocycles. The van der Waals surface area contributed by atoms with E-state index in [0.29, 0.717) is 0 Å². The number of benzene rings is 7. The number of hydrogen-bond donors (Lipinski definition) is 0. The van der Waals surface area contributed by atoms with Crippen molar-refractivity contribution in [2.45, 2.75) is 136 Å². The lowest BCUT2D eigenvalue weighted by Gasteiger charge is -2.43. The van der Waals surface area contributed by atoms with Gasteiger partial charge in [0.25, 0.3) is 0 Å². The fraction of sp³-hybridized carbons (Fsp3) is 0.333. The maximum Gasteiger partial charge on any atom is 0.242 e. The summed E-state index contributed by atoms with van der Waals surface area (Å²) >= 11 is 0. The molecule has 0 aromatic heterocycles. The molecule has 0 N–H and O–H groups in total. The molecule has 0 saturated heterocycles. The van der Waals surface area contributed by atoms with Gasteiger partial charge in [-0.1, -0.05) is 236 Å².